The Bertz CT molecular complexity index is 840. The van der Waals surface area contributed by atoms with Crippen molar-refractivity contribution in [3.8, 4) is 0 Å². The third-order valence-electron chi connectivity index (χ3n) is 5.39. The maximum atomic E-state index is 6.15. The molecule has 2 aliphatic heterocycles. The lowest BCUT2D eigenvalue weighted by molar-refractivity contribution is 0.0445. The van der Waals surface area contributed by atoms with Crippen LogP contribution in [0.3, 0.4) is 0 Å². The van der Waals surface area contributed by atoms with Crippen molar-refractivity contribution in [2.75, 3.05) is 37.7 Å². The van der Waals surface area contributed by atoms with E-state index < -0.39 is 0 Å². The highest BCUT2D eigenvalue weighted by Crippen LogP contribution is 2.35. The number of rotatable bonds is 3. The molecule has 0 bridgehead atoms. The van der Waals surface area contributed by atoms with Crippen LogP contribution in [0.1, 0.15) is 32.4 Å². The summed E-state index contributed by atoms with van der Waals surface area (Å²) < 4.78 is 0. The van der Waals surface area contributed by atoms with E-state index in [9.17, 15) is 0 Å². The minimum atomic E-state index is 0.261. The summed E-state index contributed by atoms with van der Waals surface area (Å²) in [5, 5.41) is 5.67. The van der Waals surface area contributed by atoms with Crippen molar-refractivity contribution in [1.29, 1.82) is 0 Å². The van der Waals surface area contributed by atoms with E-state index in [1.165, 1.54) is 11.3 Å². The second kappa shape index (κ2) is 7.86. The third-order valence-corrected chi connectivity index (χ3v) is 5.64. The van der Waals surface area contributed by atoms with Gasteiger partial charge in [0.25, 0.3) is 0 Å². The molecule has 4 nitrogen and oxygen atoms in total. The van der Waals surface area contributed by atoms with Gasteiger partial charge in [-0.2, -0.15) is 0 Å². The Morgan fingerprint density at radius 2 is 1.79 bits per heavy atom. The molecule has 0 amide bonds. The van der Waals surface area contributed by atoms with Gasteiger partial charge in [0.15, 0.2) is 0 Å². The summed E-state index contributed by atoms with van der Waals surface area (Å²) in [5.74, 6) is 0. The number of piperazine rings is 1. The summed E-state index contributed by atoms with van der Waals surface area (Å²) in [6, 6.07) is 17.1. The molecule has 0 aromatic heterocycles. The average molecular weight is 397 g/mol. The molecule has 1 atom stereocenters. The molecule has 0 saturated carbocycles. The van der Waals surface area contributed by atoms with E-state index in [4.69, 9.17) is 11.6 Å². The van der Waals surface area contributed by atoms with Gasteiger partial charge in [0.1, 0.15) is 0 Å². The number of anilines is 1. The predicted octanol–water partition coefficient (Wildman–Crippen LogP) is 5.18. The summed E-state index contributed by atoms with van der Waals surface area (Å²) >= 11 is 6.15. The van der Waals surface area contributed by atoms with Gasteiger partial charge in [-0.3, -0.25) is 14.9 Å². The molecule has 2 aliphatic rings. The van der Waals surface area contributed by atoms with Crippen LogP contribution in [0, 0.1) is 5.41 Å². The van der Waals surface area contributed by atoms with E-state index in [2.05, 4.69) is 77.1 Å². The summed E-state index contributed by atoms with van der Waals surface area (Å²) in [6.45, 7) is 11.9. The first-order valence-electron chi connectivity index (χ1n) is 10.0. The smallest absolute Gasteiger partial charge is 0.0873 e. The van der Waals surface area contributed by atoms with Crippen molar-refractivity contribution < 1.29 is 0 Å². The molecule has 1 unspecified atom stereocenters. The minimum absolute atomic E-state index is 0.261. The van der Waals surface area contributed by atoms with Crippen LogP contribution in [0.2, 0.25) is 5.02 Å². The molecule has 1 fully saturated rings. The molecule has 5 heteroatoms. The van der Waals surface area contributed by atoms with E-state index in [1.54, 1.807) is 0 Å². The molecule has 2 heterocycles. The first kappa shape index (κ1) is 19.4. The van der Waals surface area contributed by atoms with Gasteiger partial charge in [0.2, 0.25) is 0 Å². The molecule has 28 heavy (non-hydrogen) atoms. The minimum Gasteiger partial charge on any atom is -0.298 e. The second-order valence-corrected chi connectivity index (χ2v) is 9.33. The van der Waals surface area contributed by atoms with Crippen molar-refractivity contribution in [2.24, 2.45) is 10.4 Å². The summed E-state index contributed by atoms with van der Waals surface area (Å²) in [6.07, 6.45) is 2.02. The van der Waals surface area contributed by atoms with E-state index in [1.807, 2.05) is 18.3 Å². The molecule has 0 N–H and O–H groups in total. The van der Waals surface area contributed by atoms with Crippen LogP contribution in [0.15, 0.2) is 53.5 Å². The van der Waals surface area contributed by atoms with Crippen LogP contribution < -0.4 is 5.01 Å². The topological polar surface area (TPSA) is 22.1 Å². The lowest BCUT2D eigenvalue weighted by Gasteiger charge is -2.48. The maximum Gasteiger partial charge on any atom is 0.0873 e. The van der Waals surface area contributed by atoms with E-state index >= 15 is 0 Å². The molecular weight excluding hydrogens is 368 g/mol. The number of fused-ring (bicyclic) bond motifs is 1. The maximum absolute atomic E-state index is 6.15. The van der Waals surface area contributed by atoms with Crippen molar-refractivity contribution in [2.45, 2.75) is 26.8 Å². The zero-order valence-corrected chi connectivity index (χ0v) is 17.7. The van der Waals surface area contributed by atoms with Crippen LogP contribution in [-0.4, -0.2) is 48.8 Å². The predicted molar refractivity (Wildman–Crippen MR) is 119 cm³/mol. The molecule has 2 aromatic rings. The number of aliphatic imine (C=N–C) groups is 1. The molecule has 0 spiro atoms. The van der Waals surface area contributed by atoms with Gasteiger partial charge < -0.3 is 0 Å². The number of hydrogen-bond acceptors (Lipinski definition) is 4. The summed E-state index contributed by atoms with van der Waals surface area (Å²) in [4.78, 5) is 7.20. The van der Waals surface area contributed by atoms with Gasteiger partial charge in [-0.05, 0) is 35.2 Å². The van der Waals surface area contributed by atoms with Crippen molar-refractivity contribution in [3.05, 3.63) is 59.1 Å². The highest BCUT2D eigenvalue weighted by atomic mass is 35.5. The van der Waals surface area contributed by atoms with Crippen molar-refractivity contribution >= 4 is 29.2 Å². The van der Waals surface area contributed by atoms with E-state index in [0.29, 0.717) is 6.04 Å². The number of halogens is 1. The largest absolute Gasteiger partial charge is 0.298 e. The van der Waals surface area contributed by atoms with Gasteiger partial charge >= 0.3 is 0 Å². The van der Waals surface area contributed by atoms with E-state index in [-0.39, 0.29) is 5.41 Å². The molecule has 2 aromatic carbocycles. The third kappa shape index (κ3) is 4.24. The molecule has 0 aliphatic carbocycles. The highest BCUT2D eigenvalue weighted by Gasteiger charge is 2.33. The number of hydrogen-bond donors (Lipinski definition) is 0. The first-order chi connectivity index (χ1) is 13.4. The van der Waals surface area contributed by atoms with Crippen molar-refractivity contribution in [3.63, 3.8) is 0 Å². The Labute approximate surface area is 173 Å². The van der Waals surface area contributed by atoms with Crippen LogP contribution in [0.4, 0.5) is 11.4 Å². The zero-order valence-electron chi connectivity index (χ0n) is 17.0. The Morgan fingerprint density at radius 1 is 1.04 bits per heavy atom. The lowest BCUT2D eigenvalue weighted by Crippen LogP contribution is -2.57. The zero-order chi connectivity index (χ0) is 19.7. The quantitative estimate of drug-likeness (QED) is 0.713. The monoisotopic (exact) mass is 396 g/mol. The molecule has 0 radical (unpaired) electrons. The van der Waals surface area contributed by atoms with Gasteiger partial charge in [0, 0.05) is 43.5 Å². The van der Waals surface area contributed by atoms with Gasteiger partial charge in [-0.1, -0.05) is 56.6 Å². The van der Waals surface area contributed by atoms with E-state index in [0.717, 1.165) is 43.4 Å². The Balaban J connectivity index is 1.61. The average Bonchev–Trinajstić information content (AvgIpc) is 2.67. The fourth-order valence-electron chi connectivity index (χ4n) is 4.20. The fourth-order valence-corrected chi connectivity index (χ4v) is 4.33. The molecular formula is C23H29ClN4. The second-order valence-electron chi connectivity index (χ2n) is 8.89. The van der Waals surface area contributed by atoms with Gasteiger partial charge in [-0.15, -0.1) is 0 Å². The van der Waals surface area contributed by atoms with Gasteiger partial charge in [0.05, 0.1) is 17.9 Å². The lowest BCUT2D eigenvalue weighted by atomic mass is 9.93. The number of para-hydroxylation sites is 2. The summed E-state index contributed by atoms with van der Waals surface area (Å²) in [7, 11) is 0. The molecule has 148 valence electrons. The number of hydrazine groups is 1. The van der Waals surface area contributed by atoms with Gasteiger partial charge in [-0.25, -0.2) is 5.01 Å². The standard InChI is InChI=1S/C23H29ClN4/c1-23(2,3)17-26-14-15-27(16-22(26)18-8-10-19(24)11-9-18)28-13-12-25-20-6-4-5-7-21(20)28/h4-12,22H,13-17H2,1-3H3. The first-order valence-corrected chi connectivity index (χ1v) is 10.4. The summed E-state index contributed by atoms with van der Waals surface area (Å²) in [5.41, 5.74) is 3.84. The SMILES string of the molecule is CC(C)(C)CN1CCN(N2CC=Nc3ccccc32)CC1c1ccc(Cl)cc1. The molecule has 1 saturated heterocycles. The Hall–Kier alpha value is -1.88. The number of benzene rings is 2. The van der Waals surface area contributed by atoms with Crippen LogP contribution in [0.5, 0.6) is 0 Å². The number of nitrogens with zero attached hydrogens (tertiary/aromatic N) is 4. The van der Waals surface area contributed by atoms with Crippen LogP contribution in [0.25, 0.3) is 0 Å². The normalized spacial score (nSPS) is 21.0. The van der Waals surface area contributed by atoms with Crippen molar-refractivity contribution in [1.82, 2.24) is 9.91 Å². The fraction of sp³-hybridized carbons (Fsp3) is 0.435. The highest BCUT2D eigenvalue weighted by molar-refractivity contribution is 6.30. The van der Waals surface area contributed by atoms with Crippen LogP contribution in [-0.2, 0) is 0 Å². The Morgan fingerprint density at radius 3 is 2.54 bits per heavy atom. The molecule has 4 rings (SSSR count). The Kier molecular flexibility index (Phi) is 5.46. The van der Waals surface area contributed by atoms with Crippen LogP contribution >= 0.6 is 11.6 Å².